The van der Waals surface area contributed by atoms with Gasteiger partial charge in [0, 0.05) is 18.2 Å². The summed E-state index contributed by atoms with van der Waals surface area (Å²) in [5.74, 6) is 0. The molecule has 2 unspecified atom stereocenters. The Morgan fingerprint density at radius 3 is 3.05 bits per heavy atom. The number of hydrogen-bond donors (Lipinski definition) is 1. The summed E-state index contributed by atoms with van der Waals surface area (Å²) in [7, 11) is 1.71. The minimum Gasteiger partial charge on any atom is -0.387 e. The third-order valence-corrected chi connectivity index (χ3v) is 5.28. The second kappa shape index (κ2) is 5.23. The molecule has 1 fully saturated rings. The molecule has 1 aliphatic carbocycles. The predicted molar refractivity (Wildman–Crippen MR) is 79.7 cm³/mol. The molecule has 3 rings (SSSR count). The maximum absolute atomic E-state index is 10.9. The fourth-order valence-electron chi connectivity index (χ4n) is 3.23. The molecule has 1 N–H and O–H groups in total. The molecule has 2 aromatic rings. The van der Waals surface area contributed by atoms with Crippen LogP contribution in [0.1, 0.15) is 31.2 Å². The smallest absolute Gasteiger partial charge is 0.0948 e. The van der Waals surface area contributed by atoms with Gasteiger partial charge in [-0.1, -0.05) is 31.0 Å². The standard InChI is InChI=1S/C16H20O2S/c1-18-15-8-4-5-9-16(15,17)10-12-11-19-14-7-3-2-6-13(12)14/h2-3,6-7,11,15,17H,4-5,8-10H2,1H3. The molecular formula is C16H20O2S. The molecule has 1 aromatic carbocycles. The van der Waals surface area contributed by atoms with Gasteiger partial charge in [-0.2, -0.15) is 0 Å². The van der Waals surface area contributed by atoms with Crippen molar-refractivity contribution in [3.63, 3.8) is 0 Å². The largest absolute Gasteiger partial charge is 0.387 e. The summed E-state index contributed by atoms with van der Waals surface area (Å²) in [4.78, 5) is 0. The molecule has 1 aliphatic rings. The number of rotatable bonds is 3. The quantitative estimate of drug-likeness (QED) is 0.925. The van der Waals surface area contributed by atoms with Crippen LogP contribution in [0.25, 0.3) is 10.1 Å². The zero-order valence-electron chi connectivity index (χ0n) is 11.3. The summed E-state index contributed by atoms with van der Waals surface area (Å²) < 4.78 is 6.82. The Labute approximate surface area is 118 Å². The molecule has 3 heteroatoms. The van der Waals surface area contributed by atoms with Crippen LogP contribution in [-0.4, -0.2) is 23.9 Å². The Bertz CT molecular complexity index is 563. The van der Waals surface area contributed by atoms with Gasteiger partial charge in [0.25, 0.3) is 0 Å². The van der Waals surface area contributed by atoms with Crippen molar-refractivity contribution < 1.29 is 9.84 Å². The normalized spacial score (nSPS) is 27.8. The fraction of sp³-hybridized carbons (Fsp3) is 0.500. The zero-order valence-corrected chi connectivity index (χ0v) is 12.1. The average Bonchev–Trinajstić information content (AvgIpc) is 2.82. The van der Waals surface area contributed by atoms with Crippen LogP contribution < -0.4 is 0 Å². The van der Waals surface area contributed by atoms with E-state index in [4.69, 9.17) is 4.74 Å². The number of methoxy groups -OCH3 is 1. The number of ether oxygens (including phenoxy) is 1. The van der Waals surface area contributed by atoms with Gasteiger partial charge in [-0.3, -0.25) is 0 Å². The topological polar surface area (TPSA) is 29.5 Å². The van der Waals surface area contributed by atoms with Crippen LogP contribution in [-0.2, 0) is 11.2 Å². The minimum absolute atomic E-state index is 0.0279. The molecule has 2 atom stereocenters. The van der Waals surface area contributed by atoms with Crippen molar-refractivity contribution in [1.82, 2.24) is 0 Å². The molecule has 2 nitrogen and oxygen atoms in total. The van der Waals surface area contributed by atoms with Crippen LogP contribution in [0.3, 0.4) is 0 Å². The molecule has 0 amide bonds. The SMILES string of the molecule is COC1CCCCC1(O)Cc1csc2ccccc12. The Morgan fingerprint density at radius 1 is 1.37 bits per heavy atom. The predicted octanol–water partition coefficient (Wildman–Crippen LogP) is 3.76. The first kappa shape index (κ1) is 13.1. The number of fused-ring (bicyclic) bond motifs is 1. The Balaban J connectivity index is 1.90. The van der Waals surface area contributed by atoms with Gasteiger partial charge in [-0.25, -0.2) is 0 Å². The summed E-state index contributed by atoms with van der Waals surface area (Å²) in [6.07, 6.45) is 4.74. The highest BCUT2D eigenvalue weighted by Gasteiger charge is 2.39. The van der Waals surface area contributed by atoms with Gasteiger partial charge in [0.05, 0.1) is 11.7 Å². The van der Waals surface area contributed by atoms with E-state index in [0.717, 1.165) is 25.7 Å². The average molecular weight is 276 g/mol. The van der Waals surface area contributed by atoms with Crippen molar-refractivity contribution in [2.24, 2.45) is 0 Å². The van der Waals surface area contributed by atoms with E-state index in [1.165, 1.54) is 15.6 Å². The lowest BCUT2D eigenvalue weighted by Gasteiger charge is -2.39. The Morgan fingerprint density at radius 2 is 2.21 bits per heavy atom. The van der Waals surface area contributed by atoms with Crippen molar-refractivity contribution >= 4 is 21.4 Å². The number of benzene rings is 1. The first-order chi connectivity index (χ1) is 9.23. The van der Waals surface area contributed by atoms with Gasteiger partial charge in [0.1, 0.15) is 0 Å². The number of aliphatic hydroxyl groups is 1. The molecule has 102 valence electrons. The molecule has 0 aliphatic heterocycles. The van der Waals surface area contributed by atoms with Gasteiger partial charge >= 0.3 is 0 Å². The van der Waals surface area contributed by atoms with Gasteiger partial charge in [0.15, 0.2) is 0 Å². The summed E-state index contributed by atoms with van der Waals surface area (Å²) >= 11 is 1.76. The van der Waals surface area contributed by atoms with Gasteiger partial charge in [-0.05, 0) is 35.2 Å². The minimum atomic E-state index is -0.698. The van der Waals surface area contributed by atoms with Crippen LogP contribution in [0.5, 0.6) is 0 Å². The van der Waals surface area contributed by atoms with E-state index in [2.05, 4.69) is 29.6 Å². The molecule has 1 aromatic heterocycles. The van der Waals surface area contributed by atoms with E-state index in [1.807, 2.05) is 0 Å². The van der Waals surface area contributed by atoms with Crippen molar-refractivity contribution in [3.05, 3.63) is 35.2 Å². The molecule has 0 saturated heterocycles. The van der Waals surface area contributed by atoms with Crippen molar-refractivity contribution in [3.8, 4) is 0 Å². The monoisotopic (exact) mass is 276 g/mol. The van der Waals surface area contributed by atoms with E-state index in [9.17, 15) is 5.11 Å². The molecule has 0 spiro atoms. The summed E-state index contributed by atoms with van der Waals surface area (Å²) in [6.45, 7) is 0. The molecule has 0 radical (unpaired) electrons. The first-order valence-corrected chi connectivity index (χ1v) is 7.81. The number of thiophene rings is 1. The van der Waals surface area contributed by atoms with Crippen molar-refractivity contribution in [1.29, 1.82) is 0 Å². The third kappa shape index (κ3) is 2.42. The van der Waals surface area contributed by atoms with Gasteiger partial charge in [-0.15, -0.1) is 11.3 Å². The van der Waals surface area contributed by atoms with Crippen molar-refractivity contribution in [2.75, 3.05) is 7.11 Å². The van der Waals surface area contributed by atoms with Crippen molar-refractivity contribution in [2.45, 2.75) is 43.8 Å². The lowest BCUT2D eigenvalue weighted by molar-refractivity contribution is -0.115. The van der Waals surface area contributed by atoms with Crippen LogP contribution in [0.4, 0.5) is 0 Å². The second-order valence-electron chi connectivity index (χ2n) is 5.51. The molecule has 1 saturated carbocycles. The Hall–Kier alpha value is -0.900. The lowest BCUT2D eigenvalue weighted by atomic mass is 9.78. The van der Waals surface area contributed by atoms with E-state index >= 15 is 0 Å². The number of hydrogen-bond acceptors (Lipinski definition) is 3. The molecule has 19 heavy (non-hydrogen) atoms. The van der Waals surface area contributed by atoms with Crippen LogP contribution in [0, 0.1) is 0 Å². The van der Waals surface area contributed by atoms with Crippen LogP contribution in [0.2, 0.25) is 0 Å². The van der Waals surface area contributed by atoms with E-state index in [0.29, 0.717) is 6.42 Å². The Kier molecular flexibility index (Phi) is 3.61. The second-order valence-corrected chi connectivity index (χ2v) is 6.42. The maximum atomic E-state index is 10.9. The van der Waals surface area contributed by atoms with E-state index in [1.54, 1.807) is 18.4 Å². The highest BCUT2D eigenvalue weighted by Crippen LogP contribution is 2.36. The summed E-state index contributed by atoms with van der Waals surface area (Å²) in [5, 5.41) is 14.4. The third-order valence-electron chi connectivity index (χ3n) is 4.27. The fourth-order valence-corrected chi connectivity index (χ4v) is 4.19. The molecule has 1 heterocycles. The van der Waals surface area contributed by atoms with Gasteiger partial charge in [0.2, 0.25) is 0 Å². The van der Waals surface area contributed by atoms with Crippen LogP contribution >= 0.6 is 11.3 Å². The highest BCUT2D eigenvalue weighted by atomic mass is 32.1. The molecule has 0 bridgehead atoms. The first-order valence-electron chi connectivity index (χ1n) is 6.93. The highest BCUT2D eigenvalue weighted by molar-refractivity contribution is 7.17. The maximum Gasteiger partial charge on any atom is 0.0948 e. The van der Waals surface area contributed by atoms with Crippen LogP contribution in [0.15, 0.2) is 29.6 Å². The summed E-state index contributed by atoms with van der Waals surface area (Å²) in [5.41, 5.74) is 0.559. The lowest BCUT2D eigenvalue weighted by Crippen LogP contribution is -2.47. The van der Waals surface area contributed by atoms with E-state index in [-0.39, 0.29) is 6.10 Å². The van der Waals surface area contributed by atoms with Gasteiger partial charge < -0.3 is 9.84 Å². The summed E-state index contributed by atoms with van der Waals surface area (Å²) in [6, 6.07) is 8.42. The molecular weight excluding hydrogens is 256 g/mol. The zero-order chi connectivity index (χ0) is 13.3. The van der Waals surface area contributed by atoms with E-state index < -0.39 is 5.60 Å².